The molecule has 0 bridgehead atoms. The minimum Gasteiger partial charge on any atom is -0.478 e. The number of aryl methyl sites for hydroxylation is 1. The second-order valence-corrected chi connectivity index (χ2v) is 4.79. The fraction of sp³-hybridized carbons (Fsp3) is 0.214. The molecule has 0 saturated heterocycles. The summed E-state index contributed by atoms with van der Waals surface area (Å²) in [7, 11) is 0. The molecule has 0 aliphatic heterocycles. The van der Waals surface area contributed by atoms with Crippen LogP contribution in [-0.4, -0.2) is 26.5 Å². The Balaban J connectivity index is 2.07. The van der Waals surface area contributed by atoms with Gasteiger partial charge >= 0.3 is 5.97 Å². The zero-order chi connectivity index (χ0) is 15.4. The van der Waals surface area contributed by atoms with Crippen LogP contribution in [0.1, 0.15) is 33.5 Å². The summed E-state index contributed by atoms with van der Waals surface area (Å²) in [5, 5.41) is 12.1. The number of hydrogen-bond acceptors (Lipinski definition) is 3. The van der Waals surface area contributed by atoms with E-state index in [-0.39, 0.29) is 18.0 Å². The lowest BCUT2D eigenvalue weighted by molar-refractivity contribution is 0.0696. The van der Waals surface area contributed by atoms with Gasteiger partial charge in [-0.3, -0.25) is 9.78 Å². The first-order chi connectivity index (χ1) is 10.0. The van der Waals surface area contributed by atoms with Gasteiger partial charge in [0.2, 0.25) is 0 Å². The van der Waals surface area contributed by atoms with E-state index >= 15 is 0 Å². The summed E-state index contributed by atoms with van der Waals surface area (Å²) in [5.41, 5.74) is 1.06. The van der Waals surface area contributed by atoms with Crippen LogP contribution in [-0.2, 0) is 13.1 Å². The van der Waals surface area contributed by atoms with Gasteiger partial charge in [0.1, 0.15) is 5.69 Å². The molecule has 0 unspecified atom stereocenters. The molecule has 2 heterocycles. The molecule has 1 amide bonds. The summed E-state index contributed by atoms with van der Waals surface area (Å²) in [6.45, 7) is 2.68. The van der Waals surface area contributed by atoms with E-state index in [1.165, 1.54) is 18.3 Å². The highest BCUT2D eigenvalue weighted by Crippen LogP contribution is 2.14. The highest BCUT2D eigenvalue weighted by Gasteiger charge is 2.12. The number of nitrogens with zero attached hydrogens (tertiary/aromatic N) is 2. The van der Waals surface area contributed by atoms with Crippen LogP contribution >= 0.6 is 11.6 Å². The predicted octanol–water partition coefficient (Wildman–Crippen LogP) is 2.18. The van der Waals surface area contributed by atoms with Gasteiger partial charge in [-0.1, -0.05) is 11.6 Å². The fourth-order valence-electron chi connectivity index (χ4n) is 1.90. The van der Waals surface area contributed by atoms with Gasteiger partial charge in [0, 0.05) is 18.9 Å². The van der Waals surface area contributed by atoms with E-state index in [1.807, 2.05) is 6.92 Å². The zero-order valence-electron chi connectivity index (χ0n) is 11.3. The molecule has 0 aromatic carbocycles. The molecule has 110 valence electrons. The van der Waals surface area contributed by atoms with Crippen LogP contribution in [0.2, 0.25) is 5.02 Å². The summed E-state index contributed by atoms with van der Waals surface area (Å²) in [4.78, 5) is 27.0. The molecule has 2 N–H and O–H groups in total. The number of aromatic carboxylic acids is 1. The Labute approximate surface area is 126 Å². The van der Waals surface area contributed by atoms with E-state index in [0.717, 1.165) is 0 Å². The molecule has 7 heteroatoms. The molecule has 21 heavy (non-hydrogen) atoms. The van der Waals surface area contributed by atoms with Gasteiger partial charge in [-0.25, -0.2) is 4.79 Å². The van der Waals surface area contributed by atoms with Crippen molar-refractivity contribution in [2.45, 2.75) is 20.0 Å². The number of nitrogens with one attached hydrogen (secondary N) is 1. The highest BCUT2D eigenvalue weighted by molar-refractivity contribution is 6.31. The average Bonchev–Trinajstić information content (AvgIpc) is 2.86. The molecule has 2 aromatic rings. The van der Waals surface area contributed by atoms with Crippen LogP contribution in [0.4, 0.5) is 0 Å². The molecule has 2 aromatic heterocycles. The van der Waals surface area contributed by atoms with Gasteiger partial charge in [-0.15, -0.1) is 0 Å². The van der Waals surface area contributed by atoms with Gasteiger partial charge in [0.25, 0.3) is 5.91 Å². The van der Waals surface area contributed by atoms with E-state index in [1.54, 1.807) is 16.8 Å². The predicted molar refractivity (Wildman–Crippen MR) is 77.5 cm³/mol. The highest BCUT2D eigenvalue weighted by atomic mass is 35.5. The van der Waals surface area contributed by atoms with Gasteiger partial charge < -0.3 is 15.0 Å². The van der Waals surface area contributed by atoms with Crippen molar-refractivity contribution in [2.75, 3.05) is 0 Å². The SMILES string of the molecule is CCn1cc(Cl)cc1C(=O)NCc1cc(C(=O)O)ccn1. The zero-order valence-corrected chi connectivity index (χ0v) is 12.1. The Morgan fingerprint density at radius 3 is 2.86 bits per heavy atom. The number of pyridine rings is 1. The van der Waals surface area contributed by atoms with Crippen LogP contribution in [0.3, 0.4) is 0 Å². The van der Waals surface area contributed by atoms with E-state index in [9.17, 15) is 9.59 Å². The third-order valence-corrected chi connectivity index (χ3v) is 3.14. The molecule has 0 aliphatic carbocycles. The van der Waals surface area contributed by atoms with Crippen molar-refractivity contribution in [3.63, 3.8) is 0 Å². The molecular formula is C14H14ClN3O3. The van der Waals surface area contributed by atoms with Crippen LogP contribution in [0.25, 0.3) is 0 Å². The third-order valence-electron chi connectivity index (χ3n) is 2.93. The van der Waals surface area contributed by atoms with Gasteiger partial charge in [-0.05, 0) is 25.1 Å². The van der Waals surface area contributed by atoms with Crippen molar-refractivity contribution in [3.8, 4) is 0 Å². The number of amides is 1. The van der Waals surface area contributed by atoms with Gasteiger partial charge in [-0.2, -0.15) is 0 Å². The number of halogens is 1. The number of carbonyl (C=O) groups is 2. The van der Waals surface area contributed by atoms with Crippen LogP contribution in [0.15, 0.2) is 30.6 Å². The van der Waals surface area contributed by atoms with Crippen molar-refractivity contribution in [3.05, 3.63) is 52.6 Å². The first-order valence-corrected chi connectivity index (χ1v) is 6.71. The Morgan fingerprint density at radius 1 is 1.43 bits per heavy atom. The fourth-order valence-corrected chi connectivity index (χ4v) is 2.12. The average molecular weight is 308 g/mol. The molecule has 6 nitrogen and oxygen atoms in total. The van der Waals surface area contributed by atoms with Crippen molar-refractivity contribution >= 4 is 23.5 Å². The van der Waals surface area contributed by atoms with Gasteiger partial charge in [0.15, 0.2) is 0 Å². The molecule has 0 radical (unpaired) electrons. The molecule has 0 atom stereocenters. The van der Waals surface area contributed by atoms with Crippen molar-refractivity contribution in [1.29, 1.82) is 0 Å². The Kier molecular flexibility index (Phi) is 4.59. The summed E-state index contributed by atoms with van der Waals surface area (Å²) < 4.78 is 1.73. The number of aromatic nitrogens is 2. The number of carboxylic acid groups (broad SMARTS) is 1. The minimum atomic E-state index is -1.03. The van der Waals surface area contributed by atoms with Crippen molar-refractivity contribution in [2.24, 2.45) is 0 Å². The van der Waals surface area contributed by atoms with Crippen molar-refractivity contribution in [1.82, 2.24) is 14.9 Å². The lowest BCUT2D eigenvalue weighted by Gasteiger charge is -2.07. The summed E-state index contributed by atoms with van der Waals surface area (Å²) >= 11 is 5.88. The van der Waals surface area contributed by atoms with Crippen LogP contribution < -0.4 is 5.32 Å². The number of carboxylic acids is 1. The van der Waals surface area contributed by atoms with E-state index in [4.69, 9.17) is 16.7 Å². The molecule has 0 fully saturated rings. The lowest BCUT2D eigenvalue weighted by Crippen LogP contribution is -2.25. The quantitative estimate of drug-likeness (QED) is 0.886. The summed E-state index contributed by atoms with van der Waals surface area (Å²) in [6.07, 6.45) is 3.08. The Bertz CT molecular complexity index is 682. The maximum atomic E-state index is 12.1. The monoisotopic (exact) mass is 307 g/mol. The maximum absolute atomic E-state index is 12.1. The van der Waals surface area contributed by atoms with Crippen molar-refractivity contribution < 1.29 is 14.7 Å². The molecule has 0 aliphatic rings. The largest absolute Gasteiger partial charge is 0.478 e. The number of carbonyl (C=O) groups excluding carboxylic acids is 1. The van der Waals surface area contributed by atoms with Crippen LogP contribution in [0, 0.1) is 0 Å². The first kappa shape index (κ1) is 15.1. The topological polar surface area (TPSA) is 84.2 Å². The maximum Gasteiger partial charge on any atom is 0.335 e. The third kappa shape index (κ3) is 3.61. The van der Waals surface area contributed by atoms with E-state index in [2.05, 4.69) is 10.3 Å². The Morgan fingerprint density at radius 2 is 2.19 bits per heavy atom. The summed E-state index contributed by atoms with van der Waals surface area (Å²) in [6, 6.07) is 4.41. The summed E-state index contributed by atoms with van der Waals surface area (Å²) in [5.74, 6) is -1.32. The lowest BCUT2D eigenvalue weighted by atomic mass is 10.2. The number of hydrogen-bond donors (Lipinski definition) is 2. The van der Waals surface area contributed by atoms with Gasteiger partial charge in [0.05, 0.1) is 22.8 Å². The molecule has 2 rings (SSSR count). The second kappa shape index (κ2) is 6.41. The smallest absolute Gasteiger partial charge is 0.335 e. The Hall–Kier alpha value is -2.34. The first-order valence-electron chi connectivity index (χ1n) is 6.33. The van der Waals surface area contributed by atoms with Crippen LogP contribution in [0.5, 0.6) is 0 Å². The standard InChI is InChI=1S/C14H14ClN3O3/c1-2-18-8-10(15)6-12(18)13(19)17-7-11-5-9(14(20)21)3-4-16-11/h3-6,8H,2,7H2,1H3,(H,17,19)(H,20,21). The second-order valence-electron chi connectivity index (χ2n) is 4.35. The van der Waals surface area contributed by atoms with E-state index in [0.29, 0.717) is 23.0 Å². The molecule has 0 spiro atoms. The number of rotatable bonds is 5. The minimum absolute atomic E-state index is 0.134. The normalized spacial score (nSPS) is 10.4. The van der Waals surface area contributed by atoms with E-state index < -0.39 is 5.97 Å². The molecular weight excluding hydrogens is 294 g/mol. The molecule has 0 saturated carbocycles.